The van der Waals surface area contributed by atoms with Crippen molar-refractivity contribution in [1.29, 1.82) is 5.26 Å². The quantitative estimate of drug-likeness (QED) is 0.799. The van der Waals surface area contributed by atoms with Crippen LogP contribution in [0.15, 0.2) is 48.7 Å². The van der Waals surface area contributed by atoms with Crippen molar-refractivity contribution < 1.29 is 14.6 Å². The summed E-state index contributed by atoms with van der Waals surface area (Å²) in [6.45, 7) is 2.47. The molecule has 5 nitrogen and oxygen atoms in total. The first kappa shape index (κ1) is 14.7. The van der Waals surface area contributed by atoms with E-state index >= 15 is 0 Å². The van der Waals surface area contributed by atoms with E-state index in [0.29, 0.717) is 12.2 Å². The molecule has 2 aromatic carbocycles. The Bertz CT molecular complexity index is 918. The van der Waals surface area contributed by atoms with Crippen molar-refractivity contribution in [3.63, 3.8) is 0 Å². The minimum absolute atomic E-state index is 0.226. The smallest absolute Gasteiger partial charge is 0.335 e. The molecule has 0 unspecified atom stereocenters. The minimum Gasteiger partial charge on any atom is -0.494 e. The number of carboxylic acids is 1. The van der Waals surface area contributed by atoms with Crippen molar-refractivity contribution in [3.05, 3.63) is 59.8 Å². The van der Waals surface area contributed by atoms with Gasteiger partial charge in [-0.05, 0) is 49.4 Å². The zero-order chi connectivity index (χ0) is 16.4. The van der Waals surface area contributed by atoms with Gasteiger partial charge in [0.1, 0.15) is 11.8 Å². The number of aromatic carboxylic acids is 1. The Morgan fingerprint density at radius 1 is 1.26 bits per heavy atom. The van der Waals surface area contributed by atoms with E-state index in [4.69, 9.17) is 9.84 Å². The van der Waals surface area contributed by atoms with Crippen LogP contribution in [0.1, 0.15) is 22.8 Å². The van der Waals surface area contributed by atoms with Crippen LogP contribution in [-0.2, 0) is 0 Å². The number of hydrogen-bond acceptors (Lipinski definition) is 3. The summed E-state index contributed by atoms with van der Waals surface area (Å²) in [6.07, 6.45) is 1.75. The summed E-state index contributed by atoms with van der Waals surface area (Å²) in [4.78, 5) is 10.9. The molecule has 0 atom stereocenters. The van der Waals surface area contributed by atoms with Gasteiger partial charge in [-0.25, -0.2) is 4.79 Å². The predicted octanol–water partition coefficient (Wildman–Crippen LogP) is 3.60. The summed E-state index contributed by atoms with van der Waals surface area (Å²) < 4.78 is 7.36. The number of nitriles is 1. The van der Waals surface area contributed by atoms with Crippen molar-refractivity contribution in [2.75, 3.05) is 6.61 Å². The lowest BCUT2D eigenvalue weighted by Gasteiger charge is -2.07. The fourth-order valence-corrected chi connectivity index (χ4v) is 2.53. The highest BCUT2D eigenvalue weighted by Gasteiger charge is 2.11. The van der Waals surface area contributed by atoms with Gasteiger partial charge in [-0.2, -0.15) is 5.26 Å². The Morgan fingerprint density at radius 2 is 2.00 bits per heavy atom. The molecule has 1 heterocycles. The van der Waals surface area contributed by atoms with Crippen molar-refractivity contribution in [1.82, 2.24) is 4.57 Å². The van der Waals surface area contributed by atoms with Gasteiger partial charge in [-0.1, -0.05) is 0 Å². The topological polar surface area (TPSA) is 75.2 Å². The molecule has 3 rings (SSSR count). The number of nitrogens with zero attached hydrogens (tertiary/aromatic N) is 2. The average Bonchev–Trinajstić information content (AvgIpc) is 2.93. The van der Waals surface area contributed by atoms with Gasteiger partial charge in [-0.15, -0.1) is 0 Å². The van der Waals surface area contributed by atoms with Crippen LogP contribution in [0.3, 0.4) is 0 Å². The Hall–Kier alpha value is -3.26. The molecule has 0 aliphatic carbocycles. The molecule has 0 aliphatic heterocycles. The molecular formula is C18H14N2O3. The number of aromatic nitrogens is 1. The van der Waals surface area contributed by atoms with E-state index < -0.39 is 5.97 Å². The molecule has 5 heteroatoms. The van der Waals surface area contributed by atoms with E-state index in [1.165, 1.54) is 0 Å². The van der Waals surface area contributed by atoms with E-state index in [9.17, 15) is 10.1 Å². The van der Waals surface area contributed by atoms with Crippen LogP contribution < -0.4 is 4.74 Å². The van der Waals surface area contributed by atoms with Crippen LogP contribution in [0.4, 0.5) is 0 Å². The van der Waals surface area contributed by atoms with Crippen LogP contribution in [0.5, 0.6) is 5.75 Å². The molecule has 0 bridgehead atoms. The fourth-order valence-electron chi connectivity index (χ4n) is 2.53. The highest BCUT2D eigenvalue weighted by Crippen LogP contribution is 2.28. The van der Waals surface area contributed by atoms with Gasteiger partial charge < -0.3 is 14.4 Å². The molecule has 1 N–H and O–H groups in total. The van der Waals surface area contributed by atoms with E-state index in [-0.39, 0.29) is 5.56 Å². The largest absolute Gasteiger partial charge is 0.494 e. The zero-order valence-electron chi connectivity index (χ0n) is 12.5. The van der Waals surface area contributed by atoms with Gasteiger partial charge in [0.15, 0.2) is 0 Å². The normalized spacial score (nSPS) is 10.4. The summed E-state index contributed by atoms with van der Waals surface area (Å²) in [5.41, 5.74) is 2.44. The highest BCUT2D eigenvalue weighted by molar-refractivity contribution is 5.90. The third kappa shape index (κ3) is 2.62. The number of benzene rings is 2. The maximum atomic E-state index is 10.9. The Labute approximate surface area is 133 Å². The minimum atomic E-state index is -0.965. The van der Waals surface area contributed by atoms with Gasteiger partial charge in [0.2, 0.25) is 0 Å². The van der Waals surface area contributed by atoms with E-state index in [1.54, 1.807) is 30.5 Å². The predicted molar refractivity (Wildman–Crippen MR) is 86.1 cm³/mol. The molecule has 0 radical (unpaired) electrons. The van der Waals surface area contributed by atoms with Gasteiger partial charge >= 0.3 is 5.97 Å². The molecule has 0 spiro atoms. The molecule has 114 valence electrons. The third-order valence-corrected chi connectivity index (χ3v) is 3.60. The fraction of sp³-hybridized carbons (Fsp3) is 0.111. The number of carbonyl (C=O) groups is 1. The summed E-state index contributed by atoms with van der Waals surface area (Å²) in [5.74, 6) is -0.247. The summed E-state index contributed by atoms with van der Waals surface area (Å²) in [5, 5.41) is 19.1. The average molecular weight is 306 g/mol. The molecule has 0 fully saturated rings. The maximum absolute atomic E-state index is 10.9. The van der Waals surface area contributed by atoms with Crippen LogP contribution in [0, 0.1) is 11.3 Å². The maximum Gasteiger partial charge on any atom is 0.335 e. The highest BCUT2D eigenvalue weighted by atomic mass is 16.5. The molecule has 0 saturated heterocycles. The molecule has 0 saturated carbocycles. The Balaban J connectivity index is 2.14. The number of hydrogen-bond donors (Lipinski definition) is 1. The van der Waals surface area contributed by atoms with Crippen LogP contribution in [-0.4, -0.2) is 22.2 Å². The molecular weight excluding hydrogens is 292 g/mol. The first-order valence-corrected chi connectivity index (χ1v) is 7.15. The van der Waals surface area contributed by atoms with Gasteiger partial charge in [-0.3, -0.25) is 0 Å². The van der Waals surface area contributed by atoms with Gasteiger partial charge in [0, 0.05) is 17.3 Å². The Morgan fingerprint density at radius 3 is 2.61 bits per heavy atom. The standard InChI is InChI=1S/C18H14N2O3/c1-2-23-15-7-8-17-16(9-15)13(10-19)11-20(17)14-5-3-12(4-6-14)18(21)22/h3-9,11H,2H2,1H3,(H,21,22). The van der Waals surface area contributed by atoms with Crippen molar-refractivity contribution >= 4 is 16.9 Å². The monoisotopic (exact) mass is 306 g/mol. The third-order valence-electron chi connectivity index (χ3n) is 3.60. The van der Waals surface area contributed by atoms with E-state index in [0.717, 1.165) is 22.3 Å². The molecule has 1 aromatic heterocycles. The van der Waals surface area contributed by atoms with E-state index in [2.05, 4.69) is 6.07 Å². The second kappa shape index (κ2) is 5.85. The second-order valence-electron chi connectivity index (χ2n) is 4.99. The van der Waals surface area contributed by atoms with Crippen LogP contribution in [0.25, 0.3) is 16.6 Å². The number of carboxylic acid groups (broad SMARTS) is 1. The molecule has 3 aromatic rings. The lowest BCUT2D eigenvalue weighted by atomic mass is 10.2. The zero-order valence-corrected chi connectivity index (χ0v) is 12.5. The number of fused-ring (bicyclic) bond motifs is 1. The number of ether oxygens (including phenoxy) is 1. The molecule has 0 aliphatic rings. The van der Waals surface area contributed by atoms with Crippen LogP contribution in [0.2, 0.25) is 0 Å². The first-order valence-electron chi connectivity index (χ1n) is 7.15. The van der Waals surface area contributed by atoms with Gasteiger partial charge in [0.05, 0.1) is 23.3 Å². The van der Waals surface area contributed by atoms with Crippen molar-refractivity contribution in [3.8, 4) is 17.5 Å². The van der Waals surface area contributed by atoms with Crippen molar-refractivity contribution in [2.24, 2.45) is 0 Å². The van der Waals surface area contributed by atoms with Gasteiger partial charge in [0.25, 0.3) is 0 Å². The second-order valence-corrected chi connectivity index (χ2v) is 4.99. The first-order chi connectivity index (χ1) is 11.1. The molecule has 0 amide bonds. The number of rotatable bonds is 4. The lowest BCUT2D eigenvalue weighted by Crippen LogP contribution is -1.97. The SMILES string of the molecule is CCOc1ccc2c(c1)c(C#N)cn2-c1ccc(C(=O)O)cc1. The Kier molecular flexibility index (Phi) is 3.73. The summed E-state index contributed by atoms with van der Waals surface area (Å²) in [6, 6.07) is 14.3. The van der Waals surface area contributed by atoms with Crippen LogP contribution >= 0.6 is 0 Å². The lowest BCUT2D eigenvalue weighted by molar-refractivity contribution is 0.0697. The summed E-state index contributed by atoms with van der Waals surface area (Å²) in [7, 11) is 0. The summed E-state index contributed by atoms with van der Waals surface area (Å²) >= 11 is 0. The van der Waals surface area contributed by atoms with E-state index in [1.807, 2.05) is 29.7 Å². The van der Waals surface area contributed by atoms with Crippen molar-refractivity contribution in [2.45, 2.75) is 6.92 Å². The molecule has 23 heavy (non-hydrogen) atoms.